The molecule has 0 atom stereocenters. The SMILES string of the molecule is CC1(C)OB(c2cn(-c3ccsc3)cn2)OC1(C)C. The molecule has 1 aliphatic rings. The van der Waals surface area contributed by atoms with Gasteiger partial charge in [-0.1, -0.05) is 0 Å². The van der Waals surface area contributed by atoms with E-state index in [0.717, 1.165) is 11.3 Å². The third kappa shape index (κ3) is 2.14. The molecule has 0 radical (unpaired) electrons. The van der Waals surface area contributed by atoms with E-state index in [1.807, 2.05) is 43.8 Å². The van der Waals surface area contributed by atoms with Crippen LogP contribution in [0.4, 0.5) is 0 Å². The first-order chi connectivity index (χ1) is 8.89. The summed E-state index contributed by atoms with van der Waals surface area (Å²) in [5.41, 5.74) is 1.26. The molecule has 3 heterocycles. The Morgan fingerprint density at radius 1 is 1.21 bits per heavy atom. The molecular weight excluding hydrogens is 259 g/mol. The van der Waals surface area contributed by atoms with Gasteiger partial charge in [-0.15, -0.1) is 0 Å². The summed E-state index contributed by atoms with van der Waals surface area (Å²) in [4.78, 5) is 4.40. The standard InChI is InChI=1S/C13H17BN2O2S/c1-12(2)13(3,4)18-14(17-12)11-7-16(9-15-11)10-5-6-19-8-10/h5-9H,1-4H3. The maximum Gasteiger partial charge on any atom is 0.516 e. The third-order valence-corrected chi connectivity index (χ3v) is 4.57. The average molecular weight is 276 g/mol. The van der Waals surface area contributed by atoms with Crippen LogP contribution in [0.5, 0.6) is 0 Å². The smallest absolute Gasteiger partial charge is 0.398 e. The topological polar surface area (TPSA) is 36.3 Å². The molecule has 0 N–H and O–H groups in total. The van der Waals surface area contributed by atoms with Crippen molar-refractivity contribution in [2.24, 2.45) is 0 Å². The summed E-state index contributed by atoms with van der Waals surface area (Å²) in [7, 11) is -0.398. The Morgan fingerprint density at radius 2 is 1.89 bits per heavy atom. The number of thiophene rings is 1. The second-order valence-electron chi connectivity index (χ2n) is 5.78. The van der Waals surface area contributed by atoms with Crippen molar-refractivity contribution in [3.8, 4) is 5.69 Å². The van der Waals surface area contributed by atoms with Crippen LogP contribution in [0.2, 0.25) is 0 Å². The van der Waals surface area contributed by atoms with Crippen molar-refractivity contribution in [2.45, 2.75) is 38.9 Å². The second kappa shape index (κ2) is 4.20. The van der Waals surface area contributed by atoms with Gasteiger partial charge in [0, 0.05) is 11.6 Å². The van der Waals surface area contributed by atoms with Crippen LogP contribution in [-0.2, 0) is 9.31 Å². The molecule has 0 saturated carbocycles. The summed E-state index contributed by atoms with van der Waals surface area (Å²) in [5, 5.41) is 4.12. The normalized spacial score (nSPS) is 20.9. The van der Waals surface area contributed by atoms with E-state index in [2.05, 4.69) is 16.4 Å². The number of hydrogen-bond donors (Lipinski definition) is 0. The highest BCUT2D eigenvalue weighted by Gasteiger charge is 2.52. The van der Waals surface area contributed by atoms with Crippen LogP contribution in [0.25, 0.3) is 5.69 Å². The first-order valence-corrected chi connectivity index (χ1v) is 7.25. The molecule has 0 bridgehead atoms. The van der Waals surface area contributed by atoms with Crippen LogP contribution in [0.15, 0.2) is 29.4 Å². The molecule has 3 rings (SSSR count). The van der Waals surface area contributed by atoms with Crippen LogP contribution in [0.3, 0.4) is 0 Å². The predicted molar refractivity (Wildman–Crippen MR) is 77.2 cm³/mol. The molecule has 0 aliphatic carbocycles. The molecule has 0 amide bonds. The lowest BCUT2D eigenvalue weighted by Crippen LogP contribution is -2.41. The predicted octanol–water partition coefficient (Wildman–Crippen LogP) is 2.23. The molecule has 1 aliphatic heterocycles. The highest BCUT2D eigenvalue weighted by atomic mass is 32.1. The van der Waals surface area contributed by atoms with Gasteiger partial charge in [0.2, 0.25) is 0 Å². The van der Waals surface area contributed by atoms with Gasteiger partial charge >= 0.3 is 7.12 Å². The zero-order chi connectivity index (χ0) is 13.7. The molecule has 19 heavy (non-hydrogen) atoms. The summed E-state index contributed by atoms with van der Waals surface area (Å²) in [6.07, 6.45) is 3.76. The molecular formula is C13H17BN2O2S. The van der Waals surface area contributed by atoms with Crippen molar-refractivity contribution in [3.05, 3.63) is 29.4 Å². The Labute approximate surface area is 117 Å². The maximum atomic E-state index is 5.99. The molecule has 2 aromatic heterocycles. The van der Waals surface area contributed by atoms with E-state index in [9.17, 15) is 0 Å². The van der Waals surface area contributed by atoms with Crippen molar-refractivity contribution in [3.63, 3.8) is 0 Å². The molecule has 1 saturated heterocycles. The third-order valence-electron chi connectivity index (χ3n) is 3.90. The van der Waals surface area contributed by atoms with Crippen LogP contribution >= 0.6 is 11.3 Å². The zero-order valence-electron chi connectivity index (χ0n) is 11.6. The fourth-order valence-corrected chi connectivity index (χ4v) is 2.61. The van der Waals surface area contributed by atoms with Gasteiger partial charge in [0.15, 0.2) is 0 Å². The molecule has 100 valence electrons. The van der Waals surface area contributed by atoms with Gasteiger partial charge in [-0.3, -0.25) is 0 Å². The van der Waals surface area contributed by atoms with E-state index in [0.29, 0.717) is 0 Å². The van der Waals surface area contributed by atoms with Gasteiger partial charge in [-0.25, -0.2) is 4.98 Å². The molecule has 6 heteroatoms. The minimum absolute atomic E-state index is 0.330. The van der Waals surface area contributed by atoms with Crippen molar-refractivity contribution < 1.29 is 9.31 Å². The average Bonchev–Trinajstić information content (AvgIpc) is 3.00. The molecule has 0 spiro atoms. The quantitative estimate of drug-likeness (QED) is 0.789. The number of nitrogens with zero attached hydrogens (tertiary/aromatic N) is 2. The Morgan fingerprint density at radius 3 is 2.47 bits per heavy atom. The van der Waals surface area contributed by atoms with Crippen molar-refractivity contribution in [1.29, 1.82) is 0 Å². The molecule has 0 aromatic carbocycles. The largest absolute Gasteiger partial charge is 0.516 e. The highest BCUT2D eigenvalue weighted by molar-refractivity contribution is 7.08. The van der Waals surface area contributed by atoms with Crippen LogP contribution < -0.4 is 5.59 Å². The number of aromatic nitrogens is 2. The summed E-state index contributed by atoms with van der Waals surface area (Å²) in [6, 6.07) is 2.06. The van der Waals surface area contributed by atoms with E-state index < -0.39 is 7.12 Å². The Hall–Kier alpha value is -1.11. The van der Waals surface area contributed by atoms with Gasteiger partial charge in [-0.05, 0) is 39.1 Å². The van der Waals surface area contributed by atoms with Gasteiger partial charge in [0.05, 0.1) is 28.8 Å². The van der Waals surface area contributed by atoms with E-state index >= 15 is 0 Å². The zero-order valence-corrected chi connectivity index (χ0v) is 12.4. The van der Waals surface area contributed by atoms with Crippen LogP contribution in [-0.4, -0.2) is 27.9 Å². The van der Waals surface area contributed by atoms with Gasteiger partial charge < -0.3 is 13.9 Å². The Kier molecular flexibility index (Phi) is 2.85. The maximum absolute atomic E-state index is 5.99. The fraction of sp³-hybridized carbons (Fsp3) is 0.462. The van der Waals surface area contributed by atoms with Crippen molar-refractivity contribution in [2.75, 3.05) is 0 Å². The number of hydrogen-bond acceptors (Lipinski definition) is 4. The number of rotatable bonds is 2. The van der Waals surface area contributed by atoms with Gasteiger partial charge in [0.25, 0.3) is 0 Å². The Bertz CT molecular complexity index is 561. The van der Waals surface area contributed by atoms with Crippen LogP contribution in [0, 0.1) is 0 Å². The fourth-order valence-electron chi connectivity index (χ4n) is 1.97. The van der Waals surface area contributed by atoms with Gasteiger partial charge in [0.1, 0.15) is 0 Å². The summed E-state index contributed by atoms with van der Waals surface area (Å²) in [6.45, 7) is 8.18. The lowest BCUT2D eigenvalue weighted by Gasteiger charge is -2.32. The van der Waals surface area contributed by atoms with Crippen molar-refractivity contribution in [1.82, 2.24) is 9.55 Å². The summed E-state index contributed by atoms with van der Waals surface area (Å²) < 4.78 is 14.0. The van der Waals surface area contributed by atoms with Gasteiger partial charge in [-0.2, -0.15) is 11.3 Å². The van der Waals surface area contributed by atoms with Crippen LogP contribution in [0.1, 0.15) is 27.7 Å². The first-order valence-electron chi connectivity index (χ1n) is 6.31. The minimum atomic E-state index is -0.398. The van der Waals surface area contributed by atoms with E-state index in [4.69, 9.17) is 9.31 Å². The Balaban J connectivity index is 1.85. The number of imidazole rings is 1. The monoisotopic (exact) mass is 276 g/mol. The first kappa shape index (κ1) is 12.9. The molecule has 4 nitrogen and oxygen atoms in total. The van der Waals surface area contributed by atoms with E-state index in [-0.39, 0.29) is 11.2 Å². The molecule has 0 unspecified atom stereocenters. The van der Waals surface area contributed by atoms with E-state index in [1.165, 1.54) is 0 Å². The summed E-state index contributed by atoms with van der Waals surface area (Å²) in [5.74, 6) is 0. The van der Waals surface area contributed by atoms with Crippen molar-refractivity contribution >= 4 is 24.0 Å². The second-order valence-corrected chi connectivity index (χ2v) is 6.56. The minimum Gasteiger partial charge on any atom is -0.398 e. The lowest BCUT2D eigenvalue weighted by molar-refractivity contribution is 0.00578. The highest BCUT2D eigenvalue weighted by Crippen LogP contribution is 2.36. The van der Waals surface area contributed by atoms with E-state index in [1.54, 1.807) is 17.7 Å². The lowest BCUT2D eigenvalue weighted by atomic mass is 9.86. The molecule has 1 fully saturated rings. The summed E-state index contributed by atoms with van der Waals surface area (Å²) >= 11 is 1.66. The molecule has 2 aromatic rings.